The van der Waals surface area contributed by atoms with Gasteiger partial charge in [0.2, 0.25) is 0 Å². The van der Waals surface area contributed by atoms with Crippen molar-refractivity contribution in [2.24, 2.45) is 0 Å². The summed E-state index contributed by atoms with van der Waals surface area (Å²) < 4.78 is 4.92. The summed E-state index contributed by atoms with van der Waals surface area (Å²) in [5.41, 5.74) is 1.45. The molecule has 1 aromatic heterocycles. The maximum Gasteiger partial charge on any atom is 0.267 e. The van der Waals surface area contributed by atoms with Crippen molar-refractivity contribution in [2.75, 3.05) is 20.3 Å². The third kappa shape index (κ3) is 3.03. The van der Waals surface area contributed by atoms with E-state index in [2.05, 4.69) is 10.3 Å². The van der Waals surface area contributed by atoms with E-state index in [1.54, 1.807) is 19.2 Å². The molecular formula is C13H15ClN2O2. The van der Waals surface area contributed by atoms with E-state index < -0.39 is 0 Å². The zero-order valence-corrected chi connectivity index (χ0v) is 10.9. The monoisotopic (exact) mass is 266 g/mol. The van der Waals surface area contributed by atoms with Crippen molar-refractivity contribution < 1.29 is 9.53 Å². The van der Waals surface area contributed by atoms with Gasteiger partial charge in [-0.3, -0.25) is 4.79 Å². The van der Waals surface area contributed by atoms with Crippen LogP contribution >= 0.6 is 11.6 Å². The Morgan fingerprint density at radius 1 is 1.44 bits per heavy atom. The van der Waals surface area contributed by atoms with E-state index in [9.17, 15) is 4.79 Å². The van der Waals surface area contributed by atoms with Gasteiger partial charge >= 0.3 is 0 Å². The average Bonchev–Trinajstić information content (AvgIpc) is 2.77. The summed E-state index contributed by atoms with van der Waals surface area (Å²) in [6, 6.07) is 7.28. The minimum Gasteiger partial charge on any atom is -0.385 e. The number of nitrogens with one attached hydrogen (secondary N) is 2. The van der Waals surface area contributed by atoms with Crippen molar-refractivity contribution in [1.82, 2.24) is 10.3 Å². The molecule has 4 nitrogen and oxygen atoms in total. The molecule has 2 N–H and O–H groups in total. The van der Waals surface area contributed by atoms with Crippen LogP contribution in [0.1, 0.15) is 16.9 Å². The normalized spacial score (nSPS) is 10.8. The number of hydrogen-bond acceptors (Lipinski definition) is 2. The van der Waals surface area contributed by atoms with Crippen molar-refractivity contribution in [3.8, 4) is 0 Å². The minimum absolute atomic E-state index is 0.113. The van der Waals surface area contributed by atoms with Crippen LogP contribution in [0.5, 0.6) is 0 Å². The van der Waals surface area contributed by atoms with Gasteiger partial charge in [-0.2, -0.15) is 0 Å². The number of amides is 1. The Bertz CT molecular complexity index is 551. The fourth-order valence-electron chi connectivity index (χ4n) is 1.74. The molecule has 0 fully saturated rings. The Hall–Kier alpha value is -1.52. The third-order valence-electron chi connectivity index (χ3n) is 2.64. The highest BCUT2D eigenvalue weighted by Crippen LogP contribution is 2.19. The van der Waals surface area contributed by atoms with Crippen LogP contribution in [0.15, 0.2) is 24.3 Å². The number of halogens is 1. The van der Waals surface area contributed by atoms with Gasteiger partial charge in [0.1, 0.15) is 5.69 Å². The molecule has 2 rings (SSSR count). The zero-order chi connectivity index (χ0) is 13.0. The number of aromatic amines is 1. The minimum atomic E-state index is -0.113. The first-order valence-corrected chi connectivity index (χ1v) is 6.14. The van der Waals surface area contributed by atoms with Gasteiger partial charge in [-0.1, -0.05) is 11.6 Å². The fraction of sp³-hybridized carbons (Fsp3) is 0.308. The Balaban J connectivity index is 2.04. The van der Waals surface area contributed by atoms with Crippen LogP contribution in [-0.2, 0) is 4.74 Å². The smallest absolute Gasteiger partial charge is 0.267 e. The summed E-state index contributed by atoms with van der Waals surface area (Å²) in [5.74, 6) is -0.113. The number of benzene rings is 1. The number of hydrogen-bond donors (Lipinski definition) is 2. The predicted molar refractivity (Wildman–Crippen MR) is 72.1 cm³/mol. The van der Waals surface area contributed by atoms with Crippen LogP contribution in [0.4, 0.5) is 0 Å². The van der Waals surface area contributed by atoms with Gasteiger partial charge in [0.25, 0.3) is 5.91 Å². The molecule has 2 aromatic rings. The molecule has 0 bridgehead atoms. The SMILES string of the molecule is COCCCNC(=O)c1cc2cc(Cl)ccc2[nH]1. The molecule has 0 aliphatic heterocycles. The molecule has 0 spiro atoms. The molecule has 0 aliphatic rings. The number of carbonyl (C=O) groups excluding carboxylic acids is 1. The maximum absolute atomic E-state index is 11.8. The van der Waals surface area contributed by atoms with Crippen molar-refractivity contribution in [3.63, 3.8) is 0 Å². The van der Waals surface area contributed by atoms with Gasteiger partial charge in [-0.25, -0.2) is 0 Å². The second-order valence-electron chi connectivity index (χ2n) is 4.02. The Kier molecular flexibility index (Phi) is 4.23. The second kappa shape index (κ2) is 5.89. The highest BCUT2D eigenvalue weighted by molar-refractivity contribution is 6.31. The van der Waals surface area contributed by atoms with Gasteiger partial charge < -0.3 is 15.0 Å². The van der Waals surface area contributed by atoms with Crippen molar-refractivity contribution in [1.29, 1.82) is 0 Å². The summed E-state index contributed by atoms with van der Waals surface area (Å²) in [4.78, 5) is 14.9. The van der Waals surface area contributed by atoms with Crippen molar-refractivity contribution in [2.45, 2.75) is 6.42 Å². The molecule has 0 atom stereocenters. The Morgan fingerprint density at radius 2 is 2.28 bits per heavy atom. The molecule has 0 aliphatic carbocycles. The summed E-state index contributed by atoms with van der Waals surface area (Å²) >= 11 is 5.90. The quantitative estimate of drug-likeness (QED) is 0.818. The number of ether oxygens (including phenoxy) is 1. The lowest BCUT2D eigenvalue weighted by Gasteiger charge is -2.02. The summed E-state index contributed by atoms with van der Waals surface area (Å²) in [5, 5.41) is 4.42. The van der Waals surface area contributed by atoms with E-state index in [0.717, 1.165) is 17.3 Å². The molecule has 18 heavy (non-hydrogen) atoms. The first kappa shape index (κ1) is 12.9. The van der Waals surface area contributed by atoms with Crippen LogP contribution in [0.25, 0.3) is 10.9 Å². The lowest BCUT2D eigenvalue weighted by Crippen LogP contribution is -2.25. The molecule has 0 saturated heterocycles. The van der Waals surface area contributed by atoms with E-state index in [4.69, 9.17) is 16.3 Å². The molecule has 1 amide bonds. The third-order valence-corrected chi connectivity index (χ3v) is 2.87. The fourth-order valence-corrected chi connectivity index (χ4v) is 1.92. The molecule has 0 radical (unpaired) electrons. The number of aromatic nitrogens is 1. The van der Waals surface area contributed by atoms with Crippen molar-refractivity contribution in [3.05, 3.63) is 35.0 Å². The van der Waals surface area contributed by atoms with Crippen molar-refractivity contribution >= 4 is 28.4 Å². The van der Waals surface area contributed by atoms with E-state index >= 15 is 0 Å². The molecule has 96 valence electrons. The van der Waals surface area contributed by atoms with E-state index in [1.807, 2.05) is 12.1 Å². The van der Waals surface area contributed by atoms with Gasteiger partial charge in [-0.15, -0.1) is 0 Å². The molecular weight excluding hydrogens is 252 g/mol. The predicted octanol–water partition coefficient (Wildman–Crippen LogP) is 2.59. The van der Waals surface area contributed by atoms with E-state index in [-0.39, 0.29) is 5.91 Å². The Labute approximate surface area is 110 Å². The van der Waals surface area contributed by atoms with Gasteiger partial charge in [0, 0.05) is 36.2 Å². The van der Waals surface area contributed by atoms with Crippen LogP contribution in [-0.4, -0.2) is 31.2 Å². The highest BCUT2D eigenvalue weighted by Gasteiger charge is 2.08. The first-order chi connectivity index (χ1) is 8.70. The maximum atomic E-state index is 11.8. The molecule has 0 unspecified atom stereocenters. The molecule has 1 heterocycles. The van der Waals surface area contributed by atoms with Crippen LogP contribution in [0.2, 0.25) is 5.02 Å². The van der Waals surface area contributed by atoms with Gasteiger partial charge in [0.15, 0.2) is 0 Å². The second-order valence-corrected chi connectivity index (χ2v) is 4.45. The molecule has 5 heteroatoms. The topological polar surface area (TPSA) is 54.1 Å². The number of H-pyrrole nitrogens is 1. The largest absolute Gasteiger partial charge is 0.385 e. The van der Waals surface area contributed by atoms with E-state index in [0.29, 0.717) is 23.9 Å². The molecule has 0 saturated carbocycles. The average molecular weight is 267 g/mol. The first-order valence-electron chi connectivity index (χ1n) is 5.76. The van der Waals surface area contributed by atoms with Crippen LogP contribution in [0.3, 0.4) is 0 Å². The summed E-state index contributed by atoms with van der Waals surface area (Å²) in [7, 11) is 1.64. The van der Waals surface area contributed by atoms with Crippen LogP contribution in [0, 0.1) is 0 Å². The molecule has 1 aromatic carbocycles. The summed E-state index contributed by atoms with van der Waals surface area (Å²) in [6.07, 6.45) is 0.800. The van der Waals surface area contributed by atoms with Crippen LogP contribution < -0.4 is 5.32 Å². The number of carbonyl (C=O) groups is 1. The highest BCUT2D eigenvalue weighted by atomic mass is 35.5. The van der Waals surface area contributed by atoms with E-state index in [1.165, 1.54) is 0 Å². The number of rotatable bonds is 5. The zero-order valence-electron chi connectivity index (χ0n) is 10.1. The van der Waals surface area contributed by atoms with Gasteiger partial charge in [0.05, 0.1) is 0 Å². The summed E-state index contributed by atoms with van der Waals surface area (Å²) in [6.45, 7) is 1.24. The Morgan fingerprint density at radius 3 is 3.06 bits per heavy atom. The lowest BCUT2D eigenvalue weighted by molar-refractivity contribution is 0.0944. The number of fused-ring (bicyclic) bond motifs is 1. The lowest BCUT2D eigenvalue weighted by atomic mass is 10.2. The standard InChI is InChI=1S/C13H15ClN2O2/c1-18-6-2-5-15-13(17)12-8-9-7-10(14)3-4-11(9)16-12/h3-4,7-8,16H,2,5-6H2,1H3,(H,15,17). The number of methoxy groups -OCH3 is 1. The van der Waals surface area contributed by atoms with Gasteiger partial charge in [-0.05, 0) is 30.7 Å².